The van der Waals surface area contributed by atoms with E-state index in [1.165, 1.54) is 13.4 Å². The summed E-state index contributed by atoms with van der Waals surface area (Å²) in [5, 5.41) is 0. The number of Topliss-reactive ketones (excluding diaryl/α,β-unsaturated/α-hetero) is 1. The van der Waals surface area contributed by atoms with Crippen molar-refractivity contribution in [3.8, 4) is 0 Å². The molecule has 0 spiro atoms. The molecule has 0 radical (unpaired) electrons. The third-order valence-electron chi connectivity index (χ3n) is 5.42. The molecule has 176 valence electrons. The largest absolute Gasteiger partial charge is 0.468 e. The fourth-order valence-corrected chi connectivity index (χ4v) is 5.22. The SMILES string of the molecule is CCn1c(C)c(C(=O)CN(Cc2ccco2)S(=O)(=O)c2ccc(F)cc2)c(C)c1C(=O)OC. The van der Waals surface area contributed by atoms with Crippen LogP contribution in [0, 0.1) is 19.7 Å². The molecule has 3 aromatic rings. The molecule has 0 fully saturated rings. The van der Waals surface area contributed by atoms with Crippen LogP contribution >= 0.6 is 0 Å². The lowest BCUT2D eigenvalue weighted by Gasteiger charge is -2.21. The minimum atomic E-state index is -4.17. The maximum Gasteiger partial charge on any atom is 0.354 e. The van der Waals surface area contributed by atoms with Crippen LogP contribution in [0.3, 0.4) is 0 Å². The van der Waals surface area contributed by atoms with Crippen LogP contribution in [0.2, 0.25) is 0 Å². The Morgan fingerprint density at radius 3 is 2.36 bits per heavy atom. The molecule has 0 saturated carbocycles. The summed E-state index contributed by atoms with van der Waals surface area (Å²) in [5.74, 6) is -1.31. The molecule has 0 aliphatic heterocycles. The number of aromatic nitrogens is 1. The molecule has 33 heavy (non-hydrogen) atoms. The molecule has 2 heterocycles. The number of hydrogen-bond acceptors (Lipinski definition) is 6. The molecule has 10 heteroatoms. The van der Waals surface area contributed by atoms with Crippen LogP contribution in [0.25, 0.3) is 0 Å². The normalized spacial score (nSPS) is 11.7. The van der Waals surface area contributed by atoms with E-state index in [4.69, 9.17) is 9.15 Å². The number of hydrogen-bond donors (Lipinski definition) is 0. The van der Waals surface area contributed by atoms with Crippen molar-refractivity contribution >= 4 is 21.8 Å². The van der Waals surface area contributed by atoms with E-state index in [9.17, 15) is 22.4 Å². The van der Waals surface area contributed by atoms with Gasteiger partial charge in [-0.25, -0.2) is 17.6 Å². The Bertz CT molecular complexity index is 1260. The van der Waals surface area contributed by atoms with E-state index in [0.29, 0.717) is 23.6 Å². The third-order valence-corrected chi connectivity index (χ3v) is 7.23. The number of methoxy groups -OCH3 is 1. The first-order chi connectivity index (χ1) is 15.6. The van der Waals surface area contributed by atoms with Crippen molar-refractivity contribution in [1.82, 2.24) is 8.87 Å². The number of ketones is 1. The quantitative estimate of drug-likeness (QED) is 0.345. The molecule has 0 atom stereocenters. The van der Waals surface area contributed by atoms with Crippen LogP contribution in [-0.4, -0.2) is 42.7 Å². The molecule has 1 aromatic carbocycles. The predicted molar refractivity (Wildman–Crippen MR) is 118 cm³/mol. The topological polar surface area (TPSA) is 98.8 Å². The van der Waals surface area contributed by atoms with Gasteiger partial charge in [0.2, 0.25) is 10.0 Å². The summed E-state index contributed by atoms with van der Waals surface area (Å²) in [6.45, 7) is 4.88. The van der Waals surface area contributed by atoms with Gasteiger partial charge in [0, 0.05) is 17.8 Å². The molecule has 2 aromatic heterocycles. The van der Waals surface area contributed by atoms with E-state index in [0.717, 1.165) is 28.6 Å². The first kappa shape index (κ1) is 24.4. The van der Waals surface area contributed by atoms with Gasteiger partial charge in [-0.1, -0.05) is 0 Å². The van der Waals surface area contributed by atoms with E-state index in [1.54, 1.807) is 30.5 Å². The number of carbonyl (C=O) groups excluding carboxylic acids is 2. The minimum Gasteiger partial charge on any atom is -0.468 e. The summed E-state index contributed by atoms with van der Waals surface area (Å²) >= 11 is 0. The van der Waals surface area contributed by atoms with Crippen LogP contribution < -0.4 is 0 Å². The Morgan fingerprint density at radius 2 is 1.82 bits per heavy atom. The molecule has 0 aliphatic rings. The van der Waals surface area contributed by atoms with Gasteiger partial charge in [0.25, 0.3) is 0 Å². The van der Waals surface area contributed by atoms with Crippen molar-refractivity contribution in [3.05, 3.63) is 76.8 Å². The molecule has 8 nitrogen and oxygen atoms in total. The van der Waals surface area contributed by atoms with E-state index in [2.05, 4.69) is 0 Å². The standard InChI is InChI=1S/C23H25FN2O6S/c1-5-26-16(3)21(15(2)22(26)23(28)31-4)20(27)14-25(13-18-7-6-12-32-18)33(29,30)19-10-8-17(24)9-11-19/h6-12H,5,13-14H2,1-4H3. The number of esters is 1. The Kier molecular flexibility index (Phi) is 7.19. The van der Waals surface area contributed by atoms with Crippen LogP contribution in [0.1, 0.15) is 44.8 Å². The third kappa shape index (κ3) is 4.76. The Hall–Kier alpha value is -3.24. The summed E-state index contributed by atoms with van der Waals surface area (Å²) in [5.41, 5.74) is 1.47. The highest BCUT2D eigenvalue weighted by Gasteiger charge is 2.32. The van der Waals surface area contributed by atoms with Crippen LogP contribution in [0.15, 0.2) is 52.0 Å². The van der Waals surface area contributed by atoms with Gasteiger partial charge < -0.3 is 13.7 Å². The first-order valence-corrected chi connectivity index (χ1v) is 11.6. The number of rotatable bonds is 9. The van der Waals surface area contributed by atoms with Crippen LogP contribution in [0.4, 0.5) is 4.39 Å². The van der Waals surface area contributed by atoms with Gasteiger partial charge >= 0.3 is 5.97 Å². The highest BCUT2D eigenvalue weighted by molar-refractivity contribution is 7.89. The average molecular weight is 477 g/mol. The molecule has 0 N–H and O–H groups in total. The highest BCUT2D eigenvalue weighted by Crippen LogP contribution is 2.26. The van der Waals surface area contributed by atoms with Crippen molar-refractivity contribution in [1.29, 1.82) is 0 Å². The number of ether oxygens (including phenoxy) is 1. The van der Waals surface area contributed by atoms with Gasteiger partial charge in [-0.3, -0.25) is 4.79 Å². The number of furan rings is 1. The molecular weight excluding hydrogens is 451 g/mol. The molecule has 0 amide bonds. The van der Waals surface area contributed by atoms with E-state index in [1.807, 2.05) is 6.92 Å². The van der Waals surface area contributed by atoms with Gasteiger partial charge in [-0.15, -0.1) is 0 Å². The van der Waals surface area contributed by atoms with Gasteiger partial charge in [0.05, 0.1) is 31.4 Å². The summed E-state index contributed by atoms with van der Waals surface area (Å²) < 4.78 is 52.8. The monoisotopic (exact) mass is 476 g/mol. The number of sulfonamides is 1. The fourth-order valence-electron chi connectivity index (χ4n) is 3.86. The number of halogens is 1. The van der Waals surface area contributed by atoms with Gasteiger partial charge in [0.15, 0.2) is 5.78 Å². The summed E-state index contributed by atoms with van der Waals surface area (Å²) in [7, 11) is -2.91. The maximum absolute atomic E-state index is 13.4. The molecule has 0 saturated heterocycles. The van der Waals surface area contributed by atoms with Gasteiger partial charge in [0.1, 0.15) is 17.3 Å². The zero-order valence-corrected chi connectivity index (χ0v) is 19.6. The number of benzene rings is 1. The van der Waals surface area contributed by atoms with E-state index < -0.39 is 34.1 Å². The first-order valence-electron chi connectivity index (χ1n) is 10.2. The molecule has 0 unspecified atom stereocenters. The van der Waals surface area contributed by atoms with E-state index >= 15 is 0 Å². The summed E-state index contributed by atoms with van der Waals surface area (Å²) in [4.78, 5) is 25.5. The van der Waals surface area contributed by atoms with Crippen molar-refractivity contribution in [2.75, 3.05) is 13.7 Å². The van der Waals surface area contributed by atoms with Gasteiger partial charge in [-0.2, -0.15) is 4.31 Å². The lowest BCUT2D eigenvalue weighted by atomic mass is 10.1. The highest BCUT2D eigenvalue weighted by atomic mass is 32.2. The molecular formula is C23H25FN2O6S. The second-order valence-corrected chi connectivity index (χ2v) is 9.34. The number of carbonyl (C=O) groups is 2. The van der Waals surface area contributed by atoms with Crippen molar-refractivity contribution < 1.29 is 31.6 Å². The van der Waals surface area contributed by atoms with Crippen LogP contribution in [-0.2, 0) is 27.8 Å². The smallest absolute Gasteiger partial charge is 0.354 e. The lowest BCUT2D eigenvalue weighted by Crippen LogP contribution is -2.35. The summed E-state index contributed by atoms with van der Waals surface area (Å²) in [6.07, 6.45) is 1.40. The minimum absolute atomic E-state index is 0.155. The molecule has 0 aliphatic carbocycles. The number of nitrogens with zero attached hydrogens (tertiary/aromatic N) is 2. The zero-order valence-electron chi connectivity index (χ0n) is 18.8. The van der Waals surface area contributed by atoms with Gasteiger partial charge in [-0.05, 0) is 62.7 Å². The Labute approximate surface area is 191 Å². The average Bonchev–Trinajstić information content (AvgIpc) is 3.38. The molecule has 0 bridgehead atoms. The molecule has 3 rings (SSSR count). The van der Waals surface area contributed by atoms with Crippen molar-refractivity contribution in [3.63, 3.8) is 0 Å². The van der Waals surface area contributed by atoms with E-state index in [-0.39, 0.29) is 22.7 Å². The lowest BCUT2D eigenvalue weighted by molar-refractivity contribution is 0.0587. The summed E-state index contributed by atoms with van der Waals surface area (Å²) in [6, 6.07) is 7.57. The Morgan fingerprint density at radius 1 is 1.15 bits per heavy atom. The van der Waals surface area contributed by atoms with Crippen molar-refractivity contribution in [2.24, 2.45) is 0 Å². The van der Waals surface area contributed by atoms with Crippen molar-refractivity contribution in [2.45, 2.75) is 38.8 Å². The second-order valence-electron chi connectivity index (χ2n) is 7.40. The maximum atomic E-state index is 13.4. The fraction of sp³-hybridized carbons (Fsp3) is 0.304. The zero-order chi connectivity index (χ0) is 24.3. The second kappa shape index (κ2) is 9.72. The van der Waals surface area contributed by atoms with Crippen LogP contribution in [0.5, 0.6) is 0 Å². The predicted octanol–water partition coefficient (Wildman–Crippen LogP) is 3.72. The Balaban J connectivity index is 2.03.